The van der Waals surface area contributed by atoms with Crippen LogP contribution in [0.15, 0.2) is 36.4 Å². The number of amides is 2. The van der Waals surface area contributed by atoms with E-state index in [9.17, 15) is 18.4 Å². The van der Waals surface area contributed by atoms with Crippen molar-refractivity contribution >= 4 is 17.5 Å². The van der Waals surface area contributed by atoms with Crippen LogP contribution in [-0.2, 0) is 22.7 Å². The number of carbonyl (C=O) groups excluding carboxylic acids is 2. The summed E-state index contributed by atoms with van der Waals surface area (Å²) in [5, 5.41) is 2.88. The van der Waals surface area contributed by atoms with Gasteiger partial charge in [0, 0.05) is 36.3 Å². The highest BCUT2D eigenvalue weighted by atomic mass is 19.1. The summed E-state index contributed by atoms with van der Waals surface area (Å²) in [5.41, 5.74) is 1.72. The van der Waals surface area contributed by atoms with E-state index < -0.39 is 17.7 Å². The van der Waals surface area contributed by atoms with Crippen molar-refractivity contribution < 1.29 is 23.1 Å². The molecule has 0 saturated heterocycles. The van der Waals surface area contributed by atoms with Crippen molar-refractivity contribution in [2.45, 2.75) is 39.0 Å². The van der Waals surface area contributed by atoms with E-state index >= 15 is 0 Å². The third-order valence-electron chi connectivity index (χ3n) is 4.90. The minimum atomic E-state index is -0.730. The van der Waals surface area contributed by atoms with Gasteiger partial charge in [0.2, 0.25) is 5.91 Å². The molecule has 0 aromatic heterocycles. The van der Waals surface area contributed by atoms with Crippen molar-refractivity contribution in [2.75, 3.05) is 5.32 Å². The number of hydrogen-bond donors (Lipinski definition) is 1. The molecule has 2 aromatic carbocycles. The predicted molar refractivity (Wildman–Crippen MR) is 98.5 cm³/mol. The first kappa shape index (κ1) is 18.4. The third-order valence-corrected chi connectivity index (χ3v) is 4.90. The number of benzene rings is 2. The van der Waals surface area contributed by atoms with Crippen molar-refractivity contribution in [3.8, 4) is 5.75 Å². The first-order valence-electron chi connectivity index (χ1n) is 9.23. The van der Waals surface area contributed by atoms with Gasteiger partial charge in [-0.3, -0.25) is 9.59 Å². The third kappa shape index (κ3) is 3.98. The lowest BCUT2D eigenvalue weighted by Gasteiger charge is -2.22. The Kier molecular flexibility index (Phi) is 4.75. The van der Waals surface area contributed by atoms with Gasteiger partial charge in [0.1, 0.15) is 17.4 Å². The molecule has 1 heterocycles. The lowest BCUT2D eigenvalue weighted by atomic mass is 10.1. The fraction of sp³-hybridized carbons (Fsp3) is 0.333. The van der Waals surface area contributed by atoms with Crippen molar-refractivity contribution in [1.82, 2.24) is 4.90 Å². The number of rotatable bonds is 4. The molecule has 1 aliphatic carbocycles. The minimum absolute atomic E-state index is 0.00831. The second kappa shape index (κ2) is 7.22. The molecule has 2 aromatic rings. The van der Waals surface area contributed by atoms with Crippen LogP contribution in [0, 0.1) is 17.6 Å². The van der Waals surface area contributed by atoms with Gasteiger partial charge in [-0.2, -0.15) is 0 Å². The fourth-order valence-corrected chi connectivity index (χ4v) is 3.32. The molecule has 7 heteroatoms. The number of carbonyl (C=O) groups is 2. The van der Waals surface area contributed by atoms with Crippen LogP contribution in [0.25, 0.3) is 0 Å². The van der Waals surface area contributed by atoms with Gasteiger partial charge in [-0.25, -0.2) is 8.78 Å². The van der Waals surface area contributed by atoms with Crippen LogP contribution in [-0.4, -0.2) is 22.8 Å². The van der Waals surface area contributed by atoms with Crippen LogP contribution >= 0.6 is 0 Å². The lowest BCUT2D eigenvalue weighted by Crippen LogP contribution is -2.37. The molecule has 1 aliphatic heterocycles. The largest absolute Gasteiger partial charge is 0.481 e. The number of anilines is 1. The summed E-state index contributed by atoms with van der Waals surface area (Å²) < 4.78 is 32.8. The van der Waals surface area contributed by atoms with Crippen molar-refractivity contribution in [3.63, 3.8) is 0 Å². The SMILES string of the molecule is CC1Oc2ccc(NC(=O)C3CC3)cc2CN(Cc2cc(F)cc(F)c2)C1=O. The fourth-order valence-electron chi connectivity index (χ4n) is 3.32. The maximum Gasteiger partial charge on any atom is 0.263 e. The van der Waals surface area contributed by atoms with Gasteiger partial charge in [-0.1, -0.05) is 0 Å². The number of hydrogen-bond acceptors (Lipinski definition) is 3. The summed E-state index contributed by atoms with van der Waals surface area (Å²) in [4.78, 5) is 26.2. The van der Waals surface area contributed by atoms with Gasteiger partial charge in [-0.05, 0) is 55.7 Å². The summed E-state index contributed by atoms with van der Waals surface area (Å²) in [6, 6.07) is 8.46. The Hall–Kier alpha value is -2.96. The Morgan fingerprint density at radius 2 is 1.89 bits per heavy atom. The molecule has 1 fully saturated rings. The normalized spacial score (nSPS) is 18.9. The van der Waals surface area contributed by atoms with Gasteiger partial charge < -0.3 is 15.0 Å². The van der Waals surface area contributed by atoms with E-state index in [1.165, 1.54) is 17.0 Å². The lowest BCUT2D eigenvalue weighted by molar-refractivity contribution is -0.138. The summed E-state index contributed by atoms with van der Waals surface area (Å²) in [7, 11) is 0. The van der Waals surface area contributed by atoms with Crippen LogP contribution < -0.4 is 10.1 Å². The first-order chi connectivity index (χ1) is 13.4. The van der Waals surface area contributed by atoms with E-state index in [0.29, 0.717) is 17.0 Å². The molecule has 1 unspecified atom stereocenters. The molecule has 4 rings (SSSR count). The average Bonchev–Trinajstić information content (AvgIpc) is 3.46. The Labute approximate surface area is 161 Å². The minimum Gasteiger partial charge on any atom is -0.481 e. The smallest absolute Gasteiger partial charge is 0.263 e. The Bertz CT molecular complexity index is 923. The number of halogens is 2. The van der Waals surface area contributed by atoms with Crippen LogP contribution in [0.2, 0.25) is 0 Å². The Morgan fingerprint density at radius 1 is 1.18 bits per heavy atom. The van der Waals surface area contributed by atoms with E-state index in [1.54, 1.807) is 25.1 Å². The van der Waals surface area contributed by atoms with Gasteiger partial charge in [-0.15, -0.1) is 0 Å². The molecule has 0 bridgehead atoms. The Morgan fingerprint density at radius 3 is 2.57 bits per heavy atom. The highest BCUT2D eigenvalue weighted by Crippen LogP contribution is 2.32. The molecule has 1 N–H and O–H groups in total. The number of fused-ring (bicyclic) bond motifs is 1. The monoisotopic (exact) mass is 386 g/mol. The second-order valence-corrected chi connectivity index (χ2v) is 7.32. The zero-order chi connectivity index (χ0) is 19.8. The van der Waals surface area contributed by atoms with Crippen LogP contribution in [0.5, 0.6) is 5.75 Å². The molecule has 1 saturated carbocycles. The van der Waals surface area contributed by atoms with Gasteiger partial charge in [0.15, 0.2) is 6.10 Å². The molecule has 0 spiro atoms. The quantitative estimate of drug-likeness (QED) is 0.873. The molecule has 2 amide bonds. The van der Waals surface area contributed by atoms with Gasteiger partial charge >= 0.3 is 0 Å². The highest BCUT2D eigenvalue weighted by molar-refractivity contribution is 5.94. The molecule has 28 heavy (non-hydrogen) atoms. The molecule has 146 valence electrons. The molecule has 0 radical (unpaired) electrons. The molecule has 1 atom stereocenters. The predicted octanol–water partition coefficient (Wildman–Crippen LogP) is 3.62. The molecule has 5 nitrogen and oxygen atoms in total. The van der Waals surface area contributed by atoms with Crippen molar-refractivity contribution in [1.29, 1.82) is 0 Å². The molecular weight excluding hydrogens is 366 g/mol. The standard InChI is InChI=1S/C21H20F2N2O3/c1-12-21(27)25(10-13-6-16(22)9-17(23)7-13)11-15-8-18(4-5-19(15)28-12)24-20(26)14-2-3-14/h4-9,12,14H,2-3,10-11H2,1H3,(H,24,26). The van der Waals surface area contributed by atoms with E-state index in [4.69, 9.17) is 4.74 Å². The Balaban J connectivity index is 1.58. The van der Waals surface area contributed by atoms with E-state index in [0.717, 1.165) is 24.5 Å². The van der Waals surface area contributed by atoms with Crippen molar-refractivity contribution in [2.24, 2.45) is 5.92 Å². The maximum absolute atomic E-state index is 13.5. The van der Waals surface area contributed by atoms with E-state index in [1.807, 2.05) is 0 Å². The summed E-state index contributed by atoms with van der Waals surface area (Å²) in [6.07, 6.45) is 1.08. The van der Waals surface area contributed by atoms with E-state index in [2.05, 4.69) is 5.32 Å². The highest BCUT2D eigenvalue weighted by Gasteiger charge is 2.31. The summed E-state index contributed by atoms with van der Waals surface area (Å²) in [5.74, 6) is -1.02. The number of ether oxygens (including phenoxy) is 1. The van der Waals surface area contributed by atoms with Gasteiger partial charge in [0.05, 0.1) is 0 Å². The van der Waals surface area contributed by atoms with E-state index in [-0.39, 0.29) is 30.8 Å². The van der Waals surface area contributed by atoms with Gasteiger partial charge in [0.25, 0.3) is 5.91 Å². The molecular formula is C21H20F2N2O3. The zero-order valence-electron chi connectivity index (χ0n) is 15.4. The maximum atomic E-state index is 13.5. The molecule has 2 aliphatic rings. The van der Waals surface area contributed by atoms with Crippen LogP contribution in [0.3, 0.4) is 0 Å². The van der Waals surface area contributed by atoms with Crippen molar-refractivity contribution in [3.05, 3.63) is 59.2 Å². The summed E-state index contributed by atoms with van der Waals surface area (Å²) in [6.45, 7) is 1.91. The van der Waals surface area contributed by atoms with Crippen LogP contribution in [0.4, 0.5) is 14.5 Å². The number of nitrogens with zero attached hydrogens (tertiary/aromatic N) is 1. The number of nitrogens with one attached hydrogen (secondary N) is 1. The second-order valence-electron chi connectivity index (χ2n) is 7.32. The average molecular weight is 386 g/mol. The topological polar surface area (TPSA) is 58.6 Å². The summed E-state index contributed by atoms with van der Waals surface area (Å²) >= 11 is 0. The zero-order valence-corrected chi connectivity index (χ0v) is 15.4. The van der Waals surface area contributed by atoms with Crippen LogP contribution in [0.1, 0.15) is 30.9 Å². The first-order valence-corrected chi connectivity index (χ1v) is 9.23.